The lowest BCUT2D eigenvalue weighted by molar-refractivity contribution is 0.0696. The molecular formula is C12H7ClFNO3. The molecule has 0 fully saturated rings. The maximum absolute atomic E-state index is 13.5. The molecule has 0 unspecified atom stereocenters. The number of hydrogen-bond acceptors (Lipinski definition) is 3. The number of aromatic carboxylic acids is 1. The number of benzene rings is 1. The van der Waals surface area contributed by atoms with Gasteiger partial charge in [-0.25, -0.2) is 14.2 Å². The van der Waals surface area contributed by atoms with E-state index < -0.39 is 11.8 Å². The summed E-state index contributed by atoms with van der Waals surface area (Å²) < 4.78 is 18.7. The molecule has 1 aromatic heterocycles. The van der Waals surface area contributed by atoms with Crippen molar-refractivity contribution in [2.75, 3.05) is 0 Å². The molecule has 0 saturated carbocycles. The normalized spacial score (nSPS) is 10.1. The number of carboxylic acid groups (broad SMARTS) is 1. The fourth-order valence-electron chi connectivity index (χ4n) is 1.24. The van der Waals surface area contributed by atoms with Gasteiger partial charge >= 0.3 is 5.97 Å². The average Bonchev–Trinajstić information content (AvgIpc) is 2.36. The van der Waals surface area contributed by atoms with E-state index in [2.05, 4.69) is 4.98 Å². The fraction of sp³-hybridized carbons (Fsp3) is 0. The summed E-state index contributed by atoms with van der Waals surface area (Å²) in [5.74, 6) is -1.77. The molecule has 1 aromatic carbocycles. The van der Waals surface area contributed by atoms with Crippen molar-refractivity contribution in [1.29, 1.82) is 0 Å². The molecule has 0 saturated heterocycles. The number of carboxylic acids is 1. The lowest BCUT2D eigenvalue weighted by atomic mass is 10.3. The van der Waals surface area contributed by atoms with Gasteiger partial charge in [0.1, 0.15) is 0 Å². The van der Waals surface area contributed by atoms with E-state index in [0.29, 0.717) is 0 Å². The average molecular weight is 268 g/mol. The van der Waals surface area contributed by atoms with Crippen molar-refractivity contribution >= 4 is 17.6 Å². The number of carbonyl (C=O) groups is 1. The van der Waals surface area contributed by atoms with Gasteiger partial charge in [-0.05, 0) is 18.2 Å². The zero-order chi connectivity index (χ0) is 13.1. The maximum Gasteiger partial charge on any atom is 0.337 e. The summed E-state index contributed by atoms with van der Waals surface area (Å²) in [7, 11) is 0. The third-order valence-electron chi connectivity index (χ3n) is 2.11. The molecule has 2 rings (SSSR count). The smallest absolute Gasteiger partial charge is 0.337 e. The molecule has 1 heterocycles. The Labute approximate surface area is 107 Å². The molecular weight excluding hydrogens is 261 g/mol. The predicted molar refractivity (Wildman–Crippen MR) is 62.7 cm³/mol. The highest BCUT2D eigenvalue weighted by Gasteiger charge is 2.09. The monoisotopic (exact) mass is 267 g/mol. The number of aromatic nitrogens is 1. The quantitative estimate of drug-likeness (QED) is 0.926. The van der Waals surface area contributed by atoms with E-state index >= 15 is 0 Å². The van der Waals surface area contributed by atoms with Crippen molar-refractivity contribution in [3.63, 3.8) is 0 Å². The lowest BCUT2D eigenvalue weighted by Gasteiger charge is -2.06. The van der Waals surface area contributed by atoms with Crippen LogP contribution >= 0.6 is 11.6 Å². The fourth-order valence-corrected chi connectivity index (χ4v) is 1.41. The molecule has 0 aliphatic heterocycles. The number of nitrogens with zero attached hydrogens (tertiary/aromatic N) is 1. The summed E-state index contributed by atoms with van der Waals surface area (Å²) >= 11 is 5.59. The van der Waals surface area contributed by atoms with Gasteiger partial charge in [-0.1, -0.05) is 17.7 Å². The van der Waals surface area contributed by atoms with Crippen molar-refractivity contribution in [2.24, 2.45) is 0 Å². The van der Waals surface area contributed by atoms with Crippen LogP contribution in [-0.2, 0) is 0 Å². The molecule has 2 aromatic rings. The van der Waals surface area contributed by atoms with E-state index in [1.165, 1.54) is 30.3 Å². The molecule has 0 bridgehead atoms. The minimum atomic E-state index is -1.09. The summed E-state index contributed by atoms with van der Waals surface area (Å²) in [6.07, 6.45) is 1.13. The van der Waals surface area contributed by atoms with Crippen molar-refractivity contribution in [1.82, 2.24) is 4.98 Å². The van der Waals surface area contributed by atoms with Crippen LogP contribution in [0.15, 0.2) is 36.5 Å². The predicted octanol–water partition coefficient (Wildman–Crippen LogP) is 3.36. The Morgan fingerprint density at radius 3 is 2.72 bits per heavy atom. The van der Waals surface area contributed by atoms with Gasteiger partial charge in [0.15, 0.2) is 11.6 Å². The van der Waals surface area contributed by atoms with Crippen LogP contribution in [-0.4, -0.2) is 16.1 Å². The summed E-state index contributed by atoms with van der Waals surface area (Å²) in [5.41, 5.74) is 0.0221. The molecule has 1 N–H and O–H groups in total. The standard InChI is InChI=1S/C12H7ClFNO3/c13-8-2-1-3-9(11(8)14)18-10-5-4-7(6-15-10)12(16)17/h1-6H,(H,16,17). The Morgan fingerprint density at radius 2 is 2.11 bits per heavy atom. The second-order valence-corrected chi connectivity index (χ2v) is 3.75. The van der Waals surface area contributed by atoms with Crippen LogP contribution in [0.5, 0.6) is 11.6 Å². The molecule has 92 valence electrons. The highest BCUT2D eigenvalue weighted by molar-refractivity contribution is 6.30. The topological polar surface area (TPSA) is 59.4 Å². The summed E-state index contributed by atoms with van der Waals surface area (Å²) in [6.45, 7) is 0. The molecule has 18 heavy (non-hydrogen) atoms. The van der Waals surface area contributed by atoms with Crippen LogP contribution < -0.4 is 4.74 Å². The first-order valence-electron chi connectivity index (χ1n) is 4.89. The van der Waals surface area contributed by atoms with Gasteiger partial charge in [-0.2, -0.15) is 0 Å². The van der Waals surface area contributed by atoms with Crippen LogP contribution in [0.2, 0.25) is 5.02 Å². The van der Waals surface area contributed by atoms with Crippen molar-refractivity contribution < 1.29 is 19.0 Å². The summed E-state index contributed by atoms with van der Waals surface area (Å²) in [5, 5.41) is 8.63. The van der Waals surface area contributed by atoms with Gasteiger partial charge < -0.3 is 9.84 Å². The van der Waals surface area contributed by atoms with Gasteiger partial charge in [0.2, 0.25) is 5.88 Å². The first-order valence-corrected chi connectivity index (χ1v) is 5.27. The van der Waals surface area contributed by atoms with E-state index in [9.17, 15) is 9.18 Å². The molecule has 0 atom stereocenters. The van der Waals surface area contributed by atoms with Crippen molar-refractivity contribution in [3.8, 4) is 11.6 Å². The Bertz CT molecular complexity index is 586. The minimum absolute atomic E-state index is 0.0221. The van der Waals surface area contributed by atoms with Gasteiger partial charge in [-0.3, -0.25) is 0 Å². The number of pyridine rings is 1. The first-order chi connectivity index (χ1) is 8.58. The zero-order valence-corrected chi connectivity index (χ0v) is 9.69. The van der Waals surface area contributed by atoms with E-state index in [-0.39, 0.29) is 22.2 Å². The molecule has 0 spiro atoms. The number of halogens is 2. The Morgan fingerprint density at radius 1 is 1.33 bits per heavy atom. The van der Waals surface area contributed by atoms with Gasteiger partial charge in [0.25, 0.3) is 0 Å². The summed E-state index contributed by atoms with van der Waals surface area (Å²) in [6, 6.07) is 6.97. The van der Waals surface area contributed by atoms with Crippen molar-refractivity contribution in [2.45, 2.75) is 0 Å². The first kappa shape index (κ1) is 12.3. The number of hydrogen-bond donors (Lipinski definition) is 1. The highest BCUT2D eigenvalue weighted by atomic mass is 35.5. The van der Waals surface area contributed by atoms with E-state index in [0.717, 1.165) is 6.20 Å². The van der Waals surface area contributed by atoms with Gasteiger partial charge in [0, 0.05) is 12.3 Å². The Balaban J connectivity index is 2.24. The molecule has 0 radical (unpaired) electrons. The molecule has 0 amide bonds. The van der Waals surface area contributed by atoms with Crippen LogP contribution in [0.3, 0.4) is 0 Å². The SMILES string of the molecule is O=C(O)c1ccc(Oc2cccc(Cl)c2F)nc1. The maximum atomic E-state index is 13.5. The summed E-state index contributed by atoms with van der Waals surface area (Å²) in [4.78, 5) is 14.4. The van der Waals surface area contributed by atoms with Crippen molar-refractivity contribution in [3.05, 3.63) is 52.9 Å². The molecule has 0 aliphatic carbocycles. The third kappa shape index (κ3) is 2.57. The zero-order valence-electron chi connectivity index (χ0n) is 8.93. The molecule has 0 aliphatic rings. The van der Waals surface area contributed by atoms with Gasteiger partial charge in [-0.15, -0.1) is 0 Å². The number of ether oxygens (including phenoxy) is 1. The van der Waals surface area contributed by atoms with Crippen LogP contribution in [0, 0.1) is 5.82 Å². The van der Waals surface area contributed by atoms with E-state index in [1.54, 1.807) is 0 Å². The second-order valence-electron chi connectivity index (χ2n) is 3.34. The molecule has 4 nitrogen and oxygen atoms in total. The highest BCUT2D eigenvalue weighted by Crippen LogP contribution is 2.27. The Kier molecular flexibility index (Phi) is 3.43. The Hall–Kier alpha value is -2.14. The van der Waals surface area contributed by atoms with Crippen LogP contribution in [0.25, 0.3) is 0 Å². The largest absolute Gasteiger partial charge is 0.478 e. The second kappa shape index (κ2) is 5.01. The van der Waals surface area contributed by atoms with E-state index in [4.69, 9.17) is 21.4 Å². The third-order valence-corrected chi connectivity index (χ3v) is 2.41. The van der Waals surface area contributed by atoms with Gasteiger partial charge in [0.05, 0.1) is 10.6 Å². The van der Waals surface area contributed by atoms with E-state index in [1.807, 2.05) is 0 Å². The van der Waals surface area contributed by atoms with Crippen LogP contribution in [0.1, 0.15) is 10.4 Å². The van der Waals surface area contributed by atoms with Crippen LogP contribution in [0.4, 0.5) is 4.39 Å². The lowest BCUT2D eigenvalue weighted by Crippen LogP contribution is -1.98. The minimum Gasteiger partial charge on any atom is -0.478 e. The molecule has 6 heteroatoms. The number of rotatable bonds is 3.